The van der Waals surface area contributed by atoms with Crippen molar-refractivity contribution < 1.29 is 29.4 Å². The first kappa shape index (κ1) is 17.3. The smallest absolute Gasteiger partial charge is 0.327 e. The molecule has 2 saturated heterocycles. The Morgan fingerprint density at radius 2 is 1.80 bits per heavy atom. The maximum Gasteiger partial charge on any atom is 0.327 e. The third-order valence-electron chi connectivity index (χ3n) is 4.30. The number of thioether (sulfide) groups is 1. The van der Waals surface area contributed by atoms with Crippen molar-refractivity contribution in [1.29, 1.82) is 0 Å². The zero-order valence-electron chi connectivity index (χ0n) is 13.4. The van der Waals surface area contributed by atoms with Crippen LogP contribution in [0.5, 0.6) is 5.75 Å². The topological polar surface area (TPSA) is 124 Å². The molecule has 0 unspecified atom stereocenters. The molecule has 0 aliphatic carbocycles. The Labute approximate surface area is 147 Å². The number of β-lactam (4-membered cyclic amide) rings is 1. The number of aliphatic carboxylic acids is 1. The number of amides is 2. The van der Waals surface area contributed by atoms with Crippen LogP contribution in [0.3, 0.4) is 0 Å². The van der Waals surface area contributed by atoms with Crippen LogP contribution in [0.4, 0.5) is 0 Å². The Morgan fingerprint density at radius 1 is 1.20 bits per heavy atom. The third-order valence-corrected chi connectivity index (χ3v) is 5.87. The van der Waals surface area contributed by atoms with Crippen molar-refractivity contribution in [2.45, 2.75) is 36.1 Å². The molecule has 8 nitrogen and oxygen atoms in total. The van der Waals surface area contributed by atoms with E-state index in [1.807, 2.05) is 0 Å². The molecule has 3 N–H and O–H groups in total. The molecule has 3 rings (SSSR count). The number of ketones is 1. The molecule has 2 aliphatic heterocycles. The van der Waals surface area contributed by atoms with Gasteiger partial charge < -0.3 is 20.4 Å². The van der Waals surface area contributed by atoms with Gasteiger partial charge in [0.1, 0.15) is 23.2 Å². The Balaban J connectivity index is 1.72. The molecular weight excluding hydrogens is 348 g/mol. The number of nitrogens with zero attached hydrogens (tertiary/aromatic N) is 1. The van der Waals surface area contributed by atoms with Crippen LogP contribution in [0.2, 0.25) is 0 Å². The van der Waals surface area contributed by atoms with Crippen molar-refractivity contribution in [3.63, 3.8) is 0 Å². The number of hydrogen-bond acceptors (Lipinski definition) is 6. The molecule has 0 aromatic heterocycles. The second-order valence-electron chi connectivity index (χ2n) is 6.43. The summed E-state index contributed by atoms with van der Waals surface area (Å²) in [6.07, 6.45) is 0. The van der Waals surface area contributed by atoms with Gasteiger partial charge in [0.25, 0.3) is 5.91 Å². The van der Waals surface area contributed by atoms with Gasteiger partial charge in [0.2, 0.25) is 11.7 Å². The standard InChI is InChI=1S/C16H16N2O6S/c1-16(2)11(15(23)24)18-13(22)9(14(18)25-16)17-12(21)10(20)7-3-5-8(19)6-4-7/h3-6,9,11,14,19H,1-2H3,(H,17,21)(H,23,24)/t9-,11+,14-/m1/s1. The lowest BCUT2D eigenvalue weighted by molar-refractivity contribution is -0.160. The Morgan fingerprint density at radius 3 is 2.36 bits per heavy atom. The van der Waals surface area contributed by atoms with Gasteiger partial charge in [-0.05, 0) is 38.1 Å². The van der Waals surface area contributed by atoms with Crippen LogP contribution < -0.4 is 5.32 Å². The number of carboxylic acids is 1. The molecule has 9 heteroatoms. The van der Waals surface area contributed by atoms with Gasteiger partial charge in [-0.1, -0.05) is 0 Å². The van der Waals surface area contributed by atoms with E-state index in [1.165, 1.54) is 40.9 Å². The minimum atomic E-state index is -1.10. The first-order chi connectivity index (χ1) is 11.6. The number of rotatable bonds is 4. The largest absolute Gasteiger partial charge is 0.508 e. The zero-order valence-corrected chi connectivity index (χ0v) is 14.2. The lowest BCUT2D eigenvalue weighted by atomic mass is 9.96. The number of fused-ring (bicyclic) bond motifs is 1. The molecule has 2 aliphatic rings. The highest BCUT2D eigenvalue weighted by Gasteiger charge is 2.64. The molecule has 1 aromatic rings. The monoisotopic (exact) mass is 364 g/mol. The molecule has 3 atom stereocenters. The Bertz CT molecular complexity index is 775. The van der Waals surface area contributed by atoms with E-state index in [2.05, 4.69) is 5.32 Å². The van der Waals surface area contributed by atoms with Gasteiger partial charge in [-0.25, -0.2) is 4.79 Å². The molecule has 2 heterocycles. The number of phenolic OH excluding ortho intramolecular Hbond substituents is 1. The fraction of sp³-hybridized carbons (Fsp3) is 0.375. The number of Topliss-reactive ketones (excluding diaryl/α,β-unsaturated/α-hetero) is 1. The molecule has 0 spiro atoms. The van der Waals surface area contributed by atoms with Gasteiger partial charge in [0.05, 0.1) is 0 Å². The number of nitrogens with one attached hydrogen (secondary N) is 1. The van der Waals surface area contributed by atoms with Crippen LogP contribution >= 0.6 is 11.8 Å². The number of aromatic hydroxyl groups is 1. The normalized spacial score (nSPS) is 26.6. The van der Waals surface area contributed by atoms with E-state index in [4.69, 9.17) is 0 Å². The quantitative estimate of drug-likeness (QED) is 0.396. The van der Waals surface area contributed by atoms with E-state index in [-0.39, 0.29) is 11.3 Å². The van der Waals surface area contributed by atoms with E-state index in [0.717, 1.165) is 0 Å². The number of benzene rings is 1. The van der Waals surface area contributed by atoms with Gasteiger partial charge in [-0.3, -0.25) is 14.4 Å². The lowest BCUT2D eigenvalue weighted by Crippen LogP contribution is -2.71. The van der Waals surface area contributed by atoms with Crippen molar-refractivity contribution in [1.82, 2.24) is 10.2 Å². The summed E-state index contributed by atoms with van der Waals surface area (Å²) in [5.41, 5.74) is 0.0849. The van der Waals surface area contributed by atoms with E-state index < -0.39 is 45.8 Å². The maximum absolute atomic E-state index is 12.3. The highest BCUT2D eigenvalue weighted by molar-refractivity contribution is 8.01. The van der Waals surface area contributed by atoms with E-state index in [1.54, 1.807) is 13.8 Å². The van der Waals surface area contributed by atoms with E-state index >= 15 is 0 Å². The number of phenols is 1. The molecule has 0 saturated carbocycles. The summed E-state index contributed by atoms with van der Waals surface area (Å²) in [7, 11) is 0. The average Bonchev–Trinajstić information content (AvgIpc) is 2.80. The second-order valence-corrected chi connectivity index (χ2v) is 8.20. The first-order valence-corrected chi connectivity index (χ1v) is 8.38. The highest BCUT2D eigenvalue weighted by Crippen LogP contribution is 2.50. The Hall–Kier alpha value is -2.55. The summed E-state index contributed by atoms with van der Waals surface area (Å²) in [6, 6.07) is 3.27. The first-order valence-electron chi connectivity index (χ1n) is 7.50. The zero-order chi connectivity index (χ0) is 18.5. The molecule has 25 heavy (non-hydrogen) atoms. The van der Waals surface area contributed by atoms with Crippen LogP contribution in [0.25, 0.3) is 0 Å². The van der Waals surface area contributed by atoms with E-state index in [0.29, 0.717) is 0 Å². The summed E-state index contributed by atoms with van der Waals surface area (Å²) in [6.45, 7) is 3.45. The highest BCUT2D eigenvalue weighted by atomic mass is 32.2. The summed E-state index contributed by atoms with van der Waals surface area (Å²) in [4.78, 5) is 49.2. The number of hydrogen-bond donors (Lipinski definition) is 3. The van der Waals surface area contributed by atoms with Gasteiger partial charge in [0, 0.05) is 10.3 Å². The van der Waals surface area contributed by atoms with Gasteiger partial charge >= 0.3 is 5.97 Å². The minimum absolute atomic E-state index is 0.0360. The second kappa shape index (κ2) is 5.76. The minimum Gasteiger partial charge on any atom is -0.508 e. The van der Waals surface area contributed by atoms with Crippen molar-refractivity contribution >= 4 is 35.3 Å². The molecule has 132 valence electrons. The van der Waals surface area contributed by atoms with Crippen molar-refractivity contribution in [2.75, 3.05) is 0 Å². The lowest BCUT2D eigenvalue weighted by Gasteiger charge is -2.43. The van der Waals surface area contributed by atoms with Gasteiger partial charge in [0.15, 0.2) is 0 Å². The fourth-order valence-corrected chi connectivity index (χ4v) is 4.72. The number of carbonyl (C=O) groups is 4. The van der Waals surface area contributed by atoms with Crippen molar-refractivity contribution in [2.24, 2.45) is 0 Å². The molecular formula is C16H16N2O6S. The van der Waals surface area contributed by atoms with Gasteiger partial charge in [-0.2, -0.15) is 0 Å². The Kier molecular flexibility index (Phi) is 3.98. The third kappa shape index (κ3) is 2.74. The molecule has 0 bridgehead atoms. The average molecular weight is 364 g/mol. The summed E-state index contributed by atoms with van der Waals surface area (Å²) in [5.74, 6) is -3.42. The molecule has 2 amide bonds. The van der Waals surface area contributed by atoms with Crippen LogP contribution in [0.1, 0.15) is 24.2 Å². The summed E-state index contributed by atoms with van der Waals surface area (Å²) < 4.78 is -0.702. The van der Waals surface area contributed by atoms with Gasteiger partial charge in [-0.15, -0.1) is 11.8 Å². The molecule has 1 aromatic carbocycles. The van der Waals surface area contributed by atoms with Crippen LogP contribution in [0.15, 0.2) is 24.3 Å². The predicted molar refractivity (Wildman–Crippen MR) is 88.1 cm³/mol. The van der Waals surface area contributed by atoms with Crippen LogP contribution in [-0.4, -0.2) is 60.9 Å². The van der Waals surface area contributed by atoms with Crippen molar-refractivity contribution in [3.05, 3.63) is 29.8 Å². The van der Waals surface area contributed by atoms with Crippen LogP contribution in [-0.2, 0) is 14.4 Å². The SMILES string of the molecule is CC1(C)S[C@@H]2[C@H](NC(=O)C(=O)c3ccc(O)cc3)C(=O)N2[C@H]1C(=O)O. The van der Waals surface area contributed by atoms with Crippen molar-refractivity contribution in [3.8, 4) is 5.75 Å². The summed E-state index contributed by atoms with van der Waals surface area (Å²) in [5, 5.41) is 20.4. The number of carboxylic acid groups (broad SMARTS) is 1. The number of carbonyl (C=O) groups excluding carboxylic acids is 3. The molecule has 2 fully saturated rings. The molecule has 0 radical (unpaired) electrons. The predicted octanol–water partition coefficient (Wildman–Crippen LogP) is 0.207. The fourth-order valence-electron chi connectivity index (χ4n) is 3.10. The van der Waals surface area contributed by atoms with Crippen LogP contribution in [0, 0.1) is 0 Å². The summed E-state index contributed by atoms with van der Waals surface area (Å²) >= 11 is 1.28. The maximum atomic E-state index is 12.3. The van der Waals surface area contributed by atoms with E-state index in [9.17, 15) is 29.4 Å².